The van der Waals surface area contributed by atoms with E-state index >= 15 is 0 Å². The van der Waals surface area contributed by atoms with Gasteiger partial charge in [0.25, 0.3) is 0 Å². The quantitative estimate of drug-likeness (QED) is 0.789. The number of nitrogens with one attached hydrogen (secondary N) is 1. The average Bonchev–Trinajstić information content (AvgIpc) is 3.04. The van der Waals surface area contributed by atoms with Crippen LogP contribution in [0.25, 0.3) is 0 Å². The van der Waals surface area contributed by atoms with E-state index in [0.29, 0.717) is 12.8 Å². The summed E-state index contributed by atoms with van der Waals surface area (Å²) in [7, 11) is 0. The van der Waals surface area contributed by atoms with Crippen molar-refractivity contribution in [1.82, 2.24) is 5.32 Å². The minimum absolute atomic E-state index is 0.00566. The van der Waals surface area contributed by atoms with Gasteiger partial charge in [-0.2, -0.15) is 13.2 Å². The molecular formula is C16H18F3NO3. The van der Waals surface area contributed by atoms with Crippen LogP contribution in [0.15, 0.2) is 36.4 Å². The highest BCUT2D eigenvalue weighted by molar-refractivity contribution is 5.79. The van der Waals surface area contributed by atoms with Crippen molar-refractivity contribution >= 4 is 5.91 Å². The van der Waals surface area contributed by atoms with Crippen molar-refractivity contribution in [1.29, 1.82) is 0 Å². The van der Waals surface area contributed by atoms with Crippen LogP contribution in [0.2, 0.25) is 0 Å². The first-order valence-corrected chi connectivity index (χ1v) is 7.27. The van der Waals surface area contributed by atoms with E-state index in [1.807, 2.05) is 12.2 Å². The van der Waals surface area contributed by atoms with E-state index < -0.39 is 17.8 Å². The van der Waals surface area contributed by atoms with Crippen molar-refractivity contribution in [3.63, 3.8) is 0 Å². The molecule has 23 heavy (non-hydrogen) atoms. The Labute approximate surface area is 132 Å². The van der Waals surface area contributed by atoms with E-state index in [1.54, 1.807) is 0 Å². The molecule has 0 saturated heterocycles. The maximum Gasteiger partial charge on any atom is 0.416 e. The van der Waals surface area contributed by atoms with Gasteiger partial charge in [-0.3, -0.25) is 4.79 Å². The number of amides is 1. The Balaban J connectivity index is 1.76. The molecule has 1 atom stereocenters. The molecule has 0 heterocycles. The first-order chi connectivity index (χ1) is 10.9. The van der Waals surface area contributed by atoms with Crippen molar-refractivity contribution in [2.45, 2.75) is 25.1 Å². The fourth-order valence-electron chi connectivity index (χ4n) is 2.21. The molecule has 126 valence electrons. The lowest BCUT2D eigenvalue weighted by atomic mass is 10.1. The van der Waals surface area contributed by atoms with Gasteiger partial charge in [0.15, 0.2) is 0 Å². The summed E-state index contributed by atoms with van der Waals surface area (Å²) in [6.07, 6.45) is -0.218. The average molecular weight is 329 g/mol. The van der Waals surface area contributed by atoms with E-state index in [-0.39, 0.29) is 30.7 Å². The third-order valence-electron chi connectivity index (χ3n) is 3.49. The third-order valence-corrected chi connectivity index (χ3v) is 3.49. The molecule has 1 aromatic rings. The van der Waals surface area contributed by atoms with Crippen LogP contribution in [0.1, 0.15) is 18.4 Å². The highest BCUT2D eigenvalue weighted by Gasteiger charge is 2.30. The van der Waals surface area contributed by atoms with Gasteiger partial charge in [0, 0.05) is 12.5 Å². The van der Waals surface area contributed by atoms with Gasteiger partial charge in [-0.05, 0) is 31.0 Å². The van der Waals surface area contributed by atoms with E-state index in [0.717, 1.165) is 12.1 Å². The number of alkyl halides is 3. The van der Waals surface area contributed by atoms with Gasteiger partial charge >= 0.3 is 6.18 Å². The molecule has 0 aliphatic heterocycles. The van der Waals surface area contributed by atoms with Crippen LogP contribution in [0, 0.1) is 5.92 Å². The number of halogens is 3. The Bertz CT molecular complexity index is 564. The smallest absolute Gasteiger partial charge is 0.416 e. The highest BCUT2D eigenvalue weighted by atomic mass is 19.4. The number of hydrogen-bond donors (Lipinski definition) is 2. The number of rotatable bonds is 6. The van der Waals surface area contributed by atoms with E-state index in [1.165, 1.54) is 12.1 Å². The van der Waals surface area contributed by atoms with Crippen LogP contribution in [-0.4, -0.2) is 30.3 Å². The highest BCUT2D eigenvalue weighted by Crippen LogP contribution is 2.31. The standard InChI is InChI=1S/C16H18F3NO3/c17-16(18,19)12-6-3-7-14(8-12)23-10-13(21)9-20-15(22)11-4-1-2-5-11/h1-3,6-8,11,13,21H,4-5,9-10H2,(H,20,22). The minimum atomic E-state index is -4.44. The molecule has 1 aliphatic rings. The molecular weight excluding hydrogens is 311 g/mol. The monoisotopic (exact) mass is 329 g/mol. The summed E-state index contributed by atoms with van der Waals surface area (Å²) in [5.74, 6) is -0.232. The molecule has 1 unspecified atom stereocenters. The number of benzene rings is 1. The van der Waals surface area contributed by atoms with Crippen molar-refractivity contribution in [2.75, 3.05) is 13.2 Å². The summed E-state index contributed by atoms with van der Waals surface area (Å²) < 4.78 is 42.8. The summed E-state index contributed by atoms with van der Waals surface area (Å²) >= 11 is 0. The molecule has 0 radical (unpaired) electrons. The van der Waals surface area contributed by atoms with Crippen LogP contribution < -0.4 is 10.1 Å². The Kier molecular flexibility index (Phi) is 5.65. The van der Waals surface area contributed by atoms with E-state index in [2.05, 4.69) is 5.32 Å². The van der Waals surface area contributed by atoms with Crippen molar-refractivity contribution in [2.24, 2.45) is 5.92 Å². The summed E-state index contributed by atoms with van der Waals surface area (Å²) in [4.78, 5) is 11.8. The summed E-state index contributed by atoms with van der Waals surface area (Å²) in [6.45, 7) is -0.210. The van der Waals surface area contributed by atoms with Gasteiger partial charge in [0.05, 0.1) is 5.56 Å². The topological polar surface area (TPSA) is 58.6 Å². The Hall–Kier alpha value is -2.02. The van der Waals surface area contributed by atoms with Gasteiger partial charge in [-0.1, -0.05) is 18.2 Å². The predicted octanol–water partition coefficient (Wildman–Crippen LogP) is 2.53. The van der Waals surface area contributed by atoms with E-state index in [4.69, 9.17) is 4.74 Å². The number of carbonyl (C=O) groups excluding carboxylic acids is 1. The minimum Gasteiger partial charge on any atom is -0.491 e. The number of allylic oxidation sites excluding steroid dienone is 2. The Morgan fingerprint density at radius 1 is 1.35 bits per heavy atom. The maximum absolute atomic E-state index is 12.6. The van der Waals surface area contributed by atoms with Crippen LogP contribution in [0.5, 0.6) is 5.75 Å². The van der Waals surface area contributed by atoms with Gasteiger partial charge in [-0.25, -0.2) is 0 Å². The molecule has 0 bridgehead atoms. The fraction of sp³-hybridized carbons (Fsp3) is 0.438. The number of hydrogen-bond acceptors (Lipinski definition) is 3. The number of ether oxygens (including phenoxy) is 1. The van der Waals surface area contributed by atoms with Crippen LogP contribution >= 0.6 is 0 Å². The summed E-state index contributed by atoms with van der Waals surface area (Å²) in [5, 5.41) is 12.4. The number of aliphatic hydroxyl groups is 1. The molecule has 0 saturated carbocycles. The second-order valence-electron chi connectivity index (χ2n) is 5.38. The normalized spacial score (nSPS) is 16.3. The molecule has 1 aromatic carbocycles. The second kappa shape index (κ2) is 7.50. The van der Waals surface area contributed by atoms with Crippen LogP contribution in [-0.2, 0) is 11.0 Å². The van der Waals surface area contributed by atoms with Crippen molar-refractivity contribution < 1.29 is 27.8 Å². The zero-order chi connectivity index (χ0) is 16.9. The molecule has 1 aliphatic carbocycles. The Morgan fingerprint density at radius 3 is 2.70 bits per heavy atom. The first-order valence-electron chi connectivity index (χ1n) is 7.27. The number of aliphatic hydroxyl groups excluding tert-OH is 1. The predicted molar refractivity (Wildman–Crippen MR) is 77.8 cm³/mol. The largest absolute Gasteiger partial charge is 0.491 e. The zero-order valence-electron chi connectivity index (χ0n) is 12.3. The molecule has 0 aromatic heterocycles. The molecule has 0 fully saturated rings. The van der Waals surface area contributed by atoms with Crippen LogP contribution in [0.3, 0.4) is 0 Å². The number of carbonyl (C=O) groups is 1. The maximum atomic E-state index is 12.6. The lowest BCUT2D eigenvalue weighted by Gasteiger charge is -2.16. The molecule has 7 heteroatoms. The van der Waals surface area contributed by atoms with Gasteiger partial charge < -0.3 is 15.2 Å². The van der Waals surface area contributed by atoms with Gasteiger partial charge in [0.2, 0.25) is 5.91 Å². The van der Waals surface area contributed by atoms with Crippen molar-refractivity contribution in [3.8, 4) is 5.75 Å². The fourth-order valence-corrected chi connectivity index (χ4v) is 2.21. The van der Waals surface area contributed by atoms with Gasteiger partial charge in [-0.15, -0.1) is 0 Å². The van der Waals surface area contributed by atoms with Crippen LogP contribution in [0.4, 0.5) is 13.2 Å². The summed E-state index contributed by atoms with van der Waals surface area (Å²) in [5.41, 5.74) is -0.813. The molecule has 2 rings (SSSR count). The van der Waals surface area contributed by atoms with Crippen molar-refractivity contribution in [3.05, 3.63) is 42.0 Å². The van der Waals surface area contributed by atoms with E-state index in [9.17, 15) is 23.1 Å². The lowest BCUT2D eigenvalue weighted by molar-refractivity contribution is -0.137. The Morgan fingerprint density at radius 2 is 2.04 bits per heavy atom. The van der Waals surface area contributed by atoms with Gasteiger partial charge in [0.1, 0.15) is 18.5 Å². The first kappa shape index (κ1) is 17.3. The molecule has 1 amide bonds. The third kappa shape index (κ3) is 5.28. The summed E-state index contributed by atoms with van der Waals surface area (Å²) in [6, 6.07) is 4.43. The second-order valence-corrected chi connectivity index (χ2v) is 5.38. The molecule has 2 N–H and O–H groups in total. The SMILES string of the molecule is O=C(NCC(O)COc1cccc(C(F)(F)F)c1)C1CC=CC1. The zero-order valence-corrected chi connectivity index (χ0v) is 12.3. The molecule has 4 nitrogen and oxygen atoms in total. The molecule has 0 spiro atoms. The lowest BCUT2D eigenvalue weighted by Crippen LogP contribution is -2.38.